The molecule has 5 atom stereocenters. The van der Waals surface area contributed by atoms with Crippen LogP contribution in [0.25, 0.3) is 0 Å². The monoisotopic (exact) mass is 279 g/mol. The van der Waals surface area contributed by atoms with E-state index in [9.17, 15) is 9.59 Å². The highest BCUT2D eigenvalue weighted by atomic mass is 16.5. The minimum atomic E-state index is -0.856. The van der Waals surface area contributed by atoms with E-state index >= 15 is 0 Å². The van der Waals surface area contributed by atoms with E-state index in [1.165, 1.54) is 19.3 Å². The fourth-order valence-electron chi connectivity index (χ4n) is 5.10. The average molecular weight is 279 g/mol. The highest BCUT2D eigenvalue weighted by molar-refractivity contribution is 5.83. The molecule has 2 bridgehead atoms. The SMILES string of the molecule is O=C(O)CC1CN(C(=O)C2C3C4CCC(C4)C23)CCO1. The molecule has 0 aromatic heterocycles. The fourth-order valence-corrected chi connectivity index (χ4v) is 5.10. The zero-order valence-electron chi connectivity index (χ0n) is 11.5. The van der Waals surface area contributed by atoms with Crippen molar-refractivity contribution < 1.29 is 19.4 Å². The largest absolute Gasteiger partial charge is 0.481 e. The number of morpholine rings is 1. The summed E-state index contributed by atoms with van der Waals surface area (Å²) < 4.78 is 5.44. The molecule has 1 heterocycles. The normalized spacial score (nSPS) is 45.3. The summed E-state index contributed by atoms with van der Waals surface area (Å²) in [5, 5.41) is 8.84. The fraction of sp³-hybridized carbons (Fsp3) is 0.867. The Morgan fingerprint density at radius 1 is 1.20 bits per heavy atom. The Balaban J connectivity index is 1.39. The molecule has 1 N–H and O–H groups in total. The molecule has 1 aliphatic heterocycles. The van der Waals surface area contributed by atoms with E-state index < -0.39 is 5.97 Å². The third kappa shape index (κ3) is 1.86. The molecular formula is C15H21NO4. The Labute approximate surface area is 118 Å². The van der Waals surface area contributed by atoms with E-state index in [2.05, 4.69) is 0 Å². The lowest BCUT2D eigenvalue weighted by molar-refractivity contribution is -0.148. The van der Waals surface area contributed by atoms with Gasteiger partial charge in [-0.3, -0.25) is 9.59 Å². The lowest BCUT2D eigenvalue weighted by Gasteiger charge is -2.33. The van der Waals surface area contributed by atoms with Gasteiger partial charge in [0.05, 0.1) is 19.1 Å². The molecule has 5 nitrogen and oxygen atoms in total. The maximum absolute atomic E-state index is 12.6. The van der Waals surface area contributed by atoms with Gasteiger partial charge in [-0.25, -0.2) is 0 Å². The Morgan fingerprint density at radius 2 is 1.90 bits per heavy atom. The first kappa shape index (κ1) is 12.6. The van der Waals surface area contributed by atoms with E-state index in [1.807, 2.05) is 4.90 Å². The van der Waals surface area contributed by atoms with Gasteiger partial charge < -0.3 is 14.7 Å². The Kier molecular flexibility index (Phi) is 2.81. The van der Waals surface area contributed by atoms with Crippen molar-refractivity contribution in [2.45, 2.75) is 31.8 Å². The summed E-state index contributed by atoms with van der Waals surface area (Å²) in [7, 11) is 0. The predicted molar refractivity (Wildman–Crippen MR) is 69.9 cm³/mol. The van der Waals surface area contributed by atoms with Crippen LogP contribution < -0.4 is 0 Å². The van der Waals surface area contributed by atoms with Crippen molar-refractivity contribution in [3.05, 3.63) is 0 Å². The zero-order valence-corrected chi connectivity index (χ0v) is 11.5. The van der Waals surface area contributed by atoms with Crippen LogP contribution in [0.4, 0.5) is 0 Å². The predicted octanol–water partition coefficient (Wildman–Crippen LogP) is 0.981. The number of nitrogens with zero attached hydrogens (tertiary/aromatic N) is 1. The molecule has 0 spiro atoms. The van der Waals surface area contributed by atoms with Crippen LogP contribution in [0.15, 0.2) is 0 Å². The van der Waals surface area contributed by atoms with Crippen LogP contribution in [-0.2, 0) is 14.3 Å². The standard InChI is InChI=1S/C15H21NO4/c17-11(18)6-10-7-16(3-4-20-10)15(19)14-12-8-1-2-9(5-8)13(12)14/h8-10,12-14H,1-7H2,(H,17,18). The van der Waals surface area contributed by atoms with Crippen molar-refractivity contribution in [1.29, 1.82) is 0 Å². The molecule has 4 fully saturated rings. The minimum Gasteiger partial charge on any atom is -0.481 e. The van der Waals surface area contributed by atoms with Crippen LogP contribution in [-0.4, -0.2) is 47.7 Å². The van der Waals surface area contributed by atoms with Gasteiger partial charge >= 0.3 is 5.97 Å². The van der Waals surface area contributed by atoms with Gasteiger partial charge in [0.2, 0.25) is 5.91 Å². The third-order valence-corrected chi connectivity index (χ3v) is 5.87. The smallest absolute Gasteiger partial charge is 0.306 e. The number of aliphatic carboxylic acids is 1. The van der Waals surface area contributed by atoms with Crippen molar-refractivity contribution in [3.63, 3.8) is 0 Å². The molecule has 3 aliphatic carbocycles. The summed E-state index contributed by atoms with van der Waals surface area (Å²) >= 11 is 0. The van der Waals surface area contributed by atoms with Crippen LogP contribution in [0.5, 0.6) is 0 Å². The third-order valence-electron chi connectivity index (χ3n) is 5.87. The topological polar surface area (TPSA) is 66.8 Å². The number of carboxylic acid groups (broad SMARTS) is 1. The highest BCUT2D eigenvalue weighted by Gasteiger charge is 2.68. The van der Waals surface area contributed by atoms with Crippen LogP contribution in [0.3, 0.4) is 0 Å². The number of amides is 1. The summed E-state index contributed by atoms with van der Waals surface area (Å²) in [4.78, 5) is 25.3. The van der Waals surface area contributed by atoms with Crippen LogP contribution in [0.2, 0.25) is 0 Å². The molecule has 0 aromatic carbocycles. The van der Waals surface area contributed by atoms with Gasteiger partial charge in [0.1, 0.15) is 0 Å². The number of fused-ring (bicyclic) bond motifs is 5. The molecule has 5 heteroatoms. The van der Waals surface area contributed by atoms with E-state index in [0.717, 1.165) is 11.8 Å². The maximum Gasteiger partial charge on any atom is 0.306 e. The van der Waals surface area contributed by atoms with Crippen molar-refractivity contribution in [2.24, 2.45) is 29.6 Å². The molecule has 4 rings (SSSR count). The molecule has 1 amide bonds. The molecule has 3 saturated carbocycles. The van der Waals surface area contributed by atoms with Crippen molar-refractivity contribution >= 4 is 11.9 Å². The lowest BCUT2D eigenvalue weighted by atomic mass is 10.0. The molecule has 5 unspecified atom stereocenters. The van der Waals surface area contributed by atoms with Crippen molar-refractivity contribution in [3.8, 4) is 0 Å². The molecule has 20 heavy (non-hydrogen) atoms. The number of carboxylic acids is 1. The van der Waals surface area contributed by atoms with Crippen LogP contribution in [0.1, 0.15) is 25.7 Å². The Hall–Kier alpha value is -1.10. The number of carbonyl (C=O) groups is 2. The summed E-state index contributed by atoms with van der Waals surface area (Å²) in [5.74, 6) is 2.58. The second kappa shape index (κ2) is 4.45. The van der Waals surface area contributed by atoms with E-state index in [-0.39, 0.29) is 24.3 Å². The number of hydrogen-bond donors (Lipinski definition) is 1. The van der Waals surface area contributed by atoms with Gasteiger partial charge in [0.25, 0.3) is 0 Å². The lowest BCUT2D eigenvalue weighted by Crippen LogP contribution is -2.47. The summed E-state index contributed by atoms with van der Waals surface area (Å²) in [6, 6.07) is 0. The number of ether oxygens (including phenoxy) is 1. The minimum absolute atomic E-state index is 0.00739. The number of hydrogen-bond acceptors (Lipinski definition) is 3. The first-order valence-electron chi connectivity index (χ1n) is 7.77. The maximum atomic E-state index is 12.6. The highest BCUT2D eigenvalue weighted by Crippen LogP contribution is 2.69. The van der Waals surface area contributed by atoms with Crippen LogP contribution in [0, 0.1) is 29.6 Å². The summed E-state index contributed by atoms with van der Waals surface area (Å²) in [6.07, 6.45) is 3.65. The second-order valence-electron chi connectivity index (χ2n) is 6.89. The van der Waals surface area contributed by atoms with Gasteiger partial charge in [-0.1, -0.05) is 0 Å². The quantitative estimate of drug-likeness (QED) is 0.836. The van der Waals surface area contributed by atoms with E-state index in [0.29, 0.717) is 31.5 Å². The molecule has 110 valence electrons. The van der Waals surface area contributed by atoms with Crippen molar-refractivity contribution in [2.75, 3.05) is 19.7 Å². The van der Waals surface area contributed by atoms with Gasteiger partial charge in [-0.2, -0.15) is 0 Å². The van der Waals surface area contributed by atoms with E-state index in [1.54, 1.807) is 0 Å². The van der Waals surface area contributed by atoms with Gasteiger partial charge in [-0.15, -0.1) is 0 Å². The number of carbonyl (C=O) groups excluding carboxylic acids is 1. The Morgan fingerprint density at radius 3 is 2.55 bits per heavy atom. The van der Waals surface area contributed by atoms with Crippen LogP contribution >= 0.6 is 0 Å². The summed E-state index contributed by atoms with van der Waals surface area (Å²) in [5.41, 5.74) is 0. The van der Waals surface area contributed by atoms with Crippen molar-refractivity contribution in [1.82, 2.24) is 4.90 Å². The summed E-state index contributed by atoms with van der Waals surface area (Å²) in [6.45, 7) is 1.55. The average Bonchev–Trinajstić information content (AvgIpc) is 2.85. The first-order chi connectivity index (χ1) is 9.65. The molecule has 0 radical (unpaired) electrons. The first-order valence-corrected chi connectivity index (χ1v) is 7.77. The Bertz CT molecular complexity index is 435. The molecule has 1 saturated heterocycles. The molecule has 4 aliphatic rings. The van der Waals surface area contributed by atoms with Gasteiger partial charge in [0, 0.05) is 19.0 Å². The van der Waals surface area contributed by atoms with Gasteiger partial charge in [-0.05, 0) is 42.9 Å². The van der Waals surface area contributed by atoms with Gasteiger partial charge in [0.15, 0.2) is 0 Å². The molecule has 0 aromatic rings. The second-order valence-corrected chi connectivity index (χ2v) is 6.89. The molecular weight excluding hydrogens is 258 g/mol. The number of rotatable bonds is 3. The van der Waals surface area contributed by atoms with E-state index in [4.69, 9.17) is 9.84 Å². The zero-order chi connectivity index (χ0) is 13.9.